The molecule has 0 amide bonds. The quantitative estimate of drug-likeness (QED) is 0.174. The Bertz CT molecular complexity index is 3560. The summed E-state index contributed by atoms with van der Waals surface area (Å²) in [6, 6.07) is 32.0. The van der Waals surface area contributed by atoms with E-state index in [1.165, 1.54) is 6.07 Å². The van der Waals surface area contributed by atoms with Crippen LogP contribution in [0.25, 0.3) is 100 Å². The summed E-state index contributed by atoms with van der Waals surface area (Å²) in [5.74, 6) is -0.281. The van der Waals surface area contributed by atoms with Crippen molar-refractivity contribution in [3.63, 3.8) is 0 Å². The van der Waals surface area contributed by atoms with Crippen molar-refractivity contribution in [1.82, 2.24) is 15.0 Å². The van der Waals surface area contributed by atoms with Crippen LogP contribution in [0.3, 0.4) is 0 Å². The molecule has 2 aromatic heterocycles. The Morgan fingerprint density at radius 2 is 1.15 bits per heavy atom. The largest absolute Gasteiger partial charge is 0.456 e. The summed E-state index contributed by atoms with van der Waals surface area (Å²) in [5.41, 5.74) is 3.89. The van der Waals surface area contributed by atoms with Crippen molar-refractivity contribution < 1.29 is 19.5 Å². The van der Waals surface area contributed by atoms with E-state index >= 15 is 0 Å². The molecular weight excluding hydrogens is 647 g/mol. The van der Waals surface area contributed by atoms with E-state index in [-0.39, 0.29) is 40.7 Å². The number of furan rings is 1. The molecular formula is C49H31N3O. The van der Waals surface area contributed by atoms with E-state index in [4.69, 9.17) is 31.7 Å². The van der Waals surface area contributed by atoms with Crippen molar-refractivity contribution in [2.45, 2.75) is 0 Å². The Morgan fingerprint density at radius 1 is 0.396 bits per heavy atom. The smallest absolute Gasteiger partial charge is 0.164 e. The van der Waals surface area contributed by atoms with Gasteiger partial charge >= 0.3 is 0 Å². The first kappa shape index (κ1) is 21.3. The van der Waals surface area contributed by atoms with E-state index in [1.54, 1.807) is 24.3 Å². The average Bonchev–Trinajstić information content (AvgIpc) is 3.68. The molecule has 0 aliphatic carbocycles. The van der Waals surface area contributed by atoms with Crippen molar-refractivity contribution in [2.24, 2.45) is 0 Å². The Labute approximate surface area is 322 Å². The van der Waals surface area contributed by atoms with Gasteiger partial charge in [0.25, 0.3) is 0 Å². The van der Waals surface area contributed by atoms with Crippen molar-refractivity contribution in [3.8, 4) is 67.5 Å². The molecule has 0 radical (unpaired) electrons. The lowest BCUT2D eigenvalue weighted by atomic mass is 9.90. The lowest BCUT2D eigenvalue weighted by Gasteiger charge is -2.15. The number of para-hydroxylation sites is 1. The molecule has 0 aliphatic rings. The Hall–Kier alpha value is -7.17. The maximum absolute atomic E-state index is 9.52. The number of nitrogens with zero attached hydrogens (tertiary/aromatic N) is 3. The maximum atomic E-state index is 9.52. The highest BCUT2D eigenvalue weighted by Gasteiger charge is 2.19. The van der Waals surface area contributed by atoms with E-state index in [0.29, 0.717) is 27.5 Å². The molecule has 2 heterocycles. The lowest BCUT2D eigenvalue weighted by Crippen LogP contribution is -2.01. The summed E-state index contributed by atoms with van der Waals surface area (Å²) in [5, 5.41) is 3.07. The van der Waals surface area contributed by atoms with Gasteiger partial charge in [-0.3, -0.25) is 0 Å². The molecule has 53 heavy (non-hydrogen) atoms. The normalized spacial score (nSPS) is 14.3. The third kappa shape index (κ3) is 5.54. The second kappa shape index (κ2) is 12.9. The third-order valence-electron chi connectivity index (χ3n) is 9.17. The van der Waals surface area contributed by atoms with E-state index in [1.807, 2.05) is 66.7 Å². The minimum absolute atomic E-state index is 0.00957. The summed E-state index contributed by atoms with van der Waals surface area (Å²) in [7, 11) is 0. The predicted octanol–water partition coefficient (Wildman–Crippen LogP) is 12.9. The molecule has 0 atom stereocenters. The van der Waals surface area contributed by atoms with E-state index in [9.17, 15) is 2.74 Å². The van der Waals surface area contributed by atoms with Crippen LogP contribution in [-0.2, 0) is 0 Å². The summed E-state index contributed by atoms with van der Waals surface area (Å²) in [4.78, 5) is 14.6. The minimum Gasteiger partial charge on any atom is -0.456 e. The van der Waals surface area contributed by atoms with E-state index in [2.05, 4.69) is 24.3 Å². The number of benzene rings is 8. The van der Waals surface area contributed by atoms with Gasteiger partial charge in [-0.05, 0) is 68.4 Å². The Kier molecular flexibility index (Phi) is 5.16. The van der Waals surface area contributed by atoms with Gasteiger partial charge < -0.3 is 4.42 Å². The average molecular weight is 689 g/mol. The topological polar surface area (TPSA) is 51.8 Å². The molecule has 0 unspecified atom stereocenters. The minimum atomic E-state index is -0.692. The number of hydrogen-bond acceptors (Lipinski definition) is 4. The van der Waals surface area contributed by atoms with Crippen LogP contribution in [0.2, 0.25) is 0 Å². The first-order chi connectivity index (χ1) is 30.8. The van der Waals surface area contributed by atoms with Gasteiger partial charge in [0.05, 0.1) is 15.1 Å². The van der Waals surface area contributed by atoms with Crippen molar-refractivity contribution in [1.29, 1.82) is 0 Å². The van der Waals surface area contributed by atoms with Gasteiger partial charge in [0, 0.05) is 27.5 Å². The molecule has 10 rings (SSSR count). The highest BCUT2D eigenvalue weighted by Crippen LogP contribution is 2.40. The molecule has 248 valence electrons. The van der Waals surface area contributed by atoms with Gasteiger partial charge in [0.15, 0.2) is 17.5 Å². The SMILES string of the molecule is [2H]c1ccc2oc3ccc([2H])c(-c4nc(-c5ccc(-c6cccc7ccccc67)c(-c6ccccc6)c5)nc(-c5c([2H])c([2H])c([2H])c(-c6c([2H])c([2H])c([2H])c([2H])c6[2H])c5[2H])n4)c3c2c1. The van der Waals surface area contributed by atoms with Gasteiger partial charge in [-0.25, -0.2) is 15.0 Å². The molecule has 0 aliphatic heterocycles. The molecule has 0 fully saturated rings. The Balaban J connectivity index is 1.30. The second-order valence-electron chi connectivity index (χ2n) is 12.3. The predicted molar refractivity (Wildman–Crippen MR) is 217 cm³/mol. The molecule has 4 nitrogen and oxygen atoms in total. The van der Waals surface area contributed by atoms with E-state index < -0.39 is 65.5 Å². The van der Waals surface area contributed by atoms with Crippen LogP contribution in [0, 0.1) is 0 Å². The highest BCUT2D eigenvalue weighted by molar-refractivity contribution is 6.11. The standard InChI is InChI=1S/C49H31N3O/c1-3-14-32(15-4-1)35-20-11-21-36(30-35)47-50-48(52-49(51-47)42-25-13-27-45-46(42)41-23-9-10-26-44(41)53-45)37-28-29-40(43(31-37)34-16-5-2-6-17-34)39-24-12-19-33-18-7-8-22-38(33)39/h1-31H/i1D,3D,4D,9D,11D,14D,15D,20D,21D,25D,30D. The Morgan fingerprint density at radius 3 is 2.06 bits per heavy atom. The molecule has 4 heteroatoms. The third-order valence-corrected chi connectivity index (χ3v) is 9.17. The fourth-order valence-electron chi connectivity index (χ4n) is 6.75. The van der Waals surface area contributed by atoms with Crippen LogP contribution in [0.1, 0.15) is 15.1 Å². The first-order valence-electron chi connectivity index (χ1n) is 22.4. The fourth-order valence-corrected chi connectivity index (χ4v) is 6.75. The van der Waals surface area contributed by atoms with Crippen molar-refractivity contribution in [2.75, 3.05) is 0 Å². The van der Waals surface area contributed by atoms with Crippen LogP contribution in [0.15, 0.2) is 192 Å². The second-order valence-corrected chi connectivity index (χ2v) is 12.3. The van der Waals surface area contributed by atoms with Crippen molar-refractivity contribution >= 4 is 32.7 Å². The van der Waals surface area contributed by atoms with Crippen LogP contribution < -0.4 is 0 Å². The van der Waals surface area contributed by atoms with Gasteiger partial charge in [-0.2, -0.15) is 0 Å². The number of fused-ring (bicyclic) bond motifs is 4. The lowest BCUT2D eigenvalue weighted by molar-refractivity contribution is 0.669. The fraction of sp³-hybridized carbons (Fsp3) is 0. The van der Waals surface area contributed by atoms with Crippen molar-refractivity contribution in [3.05, 3.63) is 188 Å². The molecule has 8 aromatic carbocycles. The van der Waals surface area contributed by atoms with E-state index in [0.717, 1.165) is 33.0 Å². The monoisotopic (exact) mass is 688 g/mol. The van der Waals surface area contributed by atoms with Crippen LogP contribution >= 0.6 is 0 Å². The first-order valence-corrected chi connectivity index (χ1v) is 16.9. The molecule has 10 aromatic rings. The summed E-state index contributed by atoms with van der Waals surface area (Å²) >= 11 is 0. The number of rotatable bonds is 6. The van der Waals surface area contributed by atoms with Gasteiger partial charge in [0.1, 0.15) is 11.2 Å². The zero-order chi connectivity index (χ0) is 44.7. The summed E-state index contributed by atoms with van der Waals surface area (Å²) in [6.07, 6.45) is 0. The van der Waals surface area contributed by atoms with Gasteiger partial charge in [-0.1, -0.05) is 164 Å². The van der Waals surface area contributed by atoms with Crippen LogP contribution in [0.4, 0.5) is 0 Å². The summed E-state index contributed by atoms with van der Waals surface area (Å²) < 4.78 is 103. The van der Waals surface area contributed by atoms with Gasteiger partial charge in [0.2, 0.25) is 0 Å². The highest BCUT2D eigenvalue weighted by atomic mass is 16.3. The summed E-state index contributed by atoms with van der Waals surface area (Å²) in [6.45, 7) is 0. The van der Waals surface area contributed by atoms with Crippen LogP contribution in [0.5, 0.6) is 0 Å². The molecule has 0 saturated carbocycles. The molecule has 0 N–H and O–H groups in total. The molecule has 0 saturated heterocycles. The zero-order valence-corrected chi connectivity index (χ0v) is 27.8. The molecule has 0 spiro atoms. The van der Waals surface area contributed by atoms with Gasteiger partial charge in [-0.15, -0.1) is 0 Å². The number of hydrogen-bond donors (Lipinski definition) is 0. The number of aromatic nitrogens is 3. The molecule has 0 bridgehead atoms. The van der Waals surface area contributed by atoms with Crippen LogP contribution in [-0.4, -0.2) is 15.0 Å². The maximum Gasteiger partial charge on any atom is 0.164 e. The zero-order valence-electron chi connectivity index (χ0n) is 38.8.